The molecule has 0 aliphatic heterocycles. The lowest BCUT2D eigenvalue weighted by atomic mass is 10.1. The van der Waals surface area contributed by atoms with Gasteiger partial charge in [-0.15, -0.1) is 0 Å². The van der Waals surface area contributed by atoms with Gasteiger partial charge in [0.25, 0.3) is 0 Å². The summed E-state index contributed by atoms with van der Waals surface area (Å²) in [5, 5.41) is 10.9. The van der Waals surface area contributed by atoms with Crippen molar-refractivity contribution in [2.24, 2.45) is 0 Å². The number of Topliss-reactive ketones (excluding diaryl/α,β-unsaturated/α-hetero) is 1. The Morgan fingerprint density at radius 3 is 2.83 bits per heavy atom. The third-order valence-electron chi connectivity index (χ3n) is 2.64. The number of nitrogens with zero attached hydrogens (tertiary/aromatic N) is 2. The van der Waals surface area contributed by atoms with Crippen LogP contribution in [-0.2, 0) is 4.79 Å². The average molecular weight is 256 g/mol. The molecule has 1 heterocycles. The van der Waals surface area contributed by atoms with Crippen molar-refractivity contribution in [3.05, 3.63) is 35.4 Å². The first-order valence-corrected chi connectivity index (χ1v) is 6.53. The molecule has 90 valence electrons. The summed E-state index contributed by atoms with van der Waals surface area (Å²) in [7, 11) is 0. The maximum atomic E-state index is 11.0. The molecule has 18 heavy (non-hydrogen) atoms. The number of para-hydroxylation sites is 1. The molecule has 1 aromatic heterocycles. The molecule has 0 N–H and O–H groups in total. The van der Waals surface area contributed by atoms with Crippen molar-refractivity contribution in [3.8, 4) is 6.07 Å². The Morgan fingerprint density at radius 1 is 1.44 bits per heavy atom. The molecule has 2 rings (SSSR count). The minimum Gasteiger partial charge on any atom is -0.299 e. The number of thioether (sulfide) groups is 1. The number of fused-ring (bicyclic) bond motifs is 1. The highest BCUT2D eigenvalue weighted by Crippen LogP contribution is 2.28. The summed E-state index contributed by atoms with van der Waals surface area (Å²) < 4.78 is 0. The lowest BCUT2D eigenvalue weighted by molar-refractivity contribution is -0.114. The highest BCUT2D eigenvalue weighted by molar-refractivity contribution is 8.00. The van der Waals surface area contributed by atoms with Crippen LogP contribution in [0.15, 0.2) is 29.3 Å². The second-order valence-corrected chi connectivity index (χ2v) is 5.00. The zero-order valence-electron chi connectivity index (χ0n) is 10.2. The Hall–Kier alpha value is -1.86. The van der Waals surface area contributed by atoms with E-state index in [1.165, 1.54) is 18.7 Å². The first-order valence-electron chi connectivity index (χ1n) is 5.55. The van der Waals surface area contributed by atoms with E-state index >= 15 is 0 Å². The third kappa shape index (κ3) is 2.36. The molecule has 0 spiro atoms. The second-order valence-electron chi connectivity index (χ2n) is 4.04. The fourth-order valence-electron chi connectivity index (χ4n) is 1.75. The highest BCUT2D eigenvalue weighted by Gasteiger charge is 2.12. The highest BCUT2D eigenvalue weighted by atomic mass is 32.2. The van der Waals surface area contributed by atoms with Crippen molar-refractivity contribution in [1.29, 1.82) is 5.26 Å². The van der Waals surface area contributed by atoms with Gasteiger partial charge in [-0.2, -0.15) is 5.26 Å². The third-order valence-corrected chi connectivity index (χ3v) is 3.76. The minimum atomic E-state index is 0.0801. The van der Waals surface area contributed by atoms with Crippen LogP contribution in [0.3, 0.4) is 0 Å². The number of ketones is 1. The van der Waals surface area contributed by atoms with E-state index < -0.39 is 0 Å². The van der Waals surface area contributed by atoms with E-state index in [-0.39, 0.29) is 5.78 Å². The van der Waals surface area contributed by atoms with Gasteiger partial charge in [0.1, 0.15) is 16.9 Å². The summed E-state index contributed by atoms with van der Waals surface area (Å²) in [6.07, 6.45) is 0. The summed E-state index contributed by atoms with van der Waals surface area (Å²) in [5.74, 6) is 0.427. The van der Waals surface area contributed by atoms with E-state index in [0.717, 1.165) is 16.5 Å². The van der Waals surface area contributed by atoms with Crippen LogP contribution in [0.1, 0.15) is 18.1 Å². The summed E-state index contributed by atoms with van der Waals surface area (Å²) in [6.45, 7) is 3.45. The van der Waals surface area contributed by atoms with E-state index in [9.17, 15) is 10.1 Å². The number of hydrogen-bond donors (Lipinski definition) is 0. The summed E-state index contributed by atoms with van der Waals surface area (Å²) >= 11 is 1.33. The Bertz CT molecular complexity index is 659. The fraction of sp³-hybridized carbons (Fsp3) is 0.214. The van der Waals surface area contributed by atoms with E-state index in [0.29, 0.717) is 16.3 Å². The Balaban J connectivity index is 2.58. The molecular formula is C14H12N2OS. The van der Waals surface area contributed by atoms with Gasteiger partial charge in [0.2, 0.25) is 0 Å². The monoisotopic (exact) mass is 256 g/mol. The van der Waals surface area contributed by atoms with E-state index in [2.05, 4.69) is 11.1 Å². The SMILES string of the molecule is CC(=O)CSc1nc2ccccc2c(C)c1C#N. The van der Waals surface area contributed by atoms with Crippen molar-refractivity contribution in [1.82, 2.24) is 4.98 Å². The van der Waals surface area contributed by atoms with Gasteiger partial charge in [-0.1, -0.05) is 30.0 Å². The van der Waals surface area contributed by atoms with Crippen molar-refractivity contribution in [2.45, 2.75) is 18.9 Å². The van der Waals surface area contributed by atoms with Crippen LogP contribution in [0.4, 0.5) is 0 Å². The van der Waals surface area contributed by atoms with Gasteiger partial charge in [0, 0.05) is 5.39 Å². The molecule has 0 saturated carbocycles. The molecule has 0 radical (unpaired) electrons. The van der Waals surface area contributed by atoms with Crippen LogP contribution in [0.25, 0.3) is 10.9 Å². The summed E-state index contributed by atoms with van der Waals surface area (Å²) in [4.78, 5) is 15.5. The first kappa shape index (κ1) is 12.6. The van der Waals surface area contributed by atoms with Crippen molar-refractivity contribution in [2.75, 3.05) is 5.75 Å². The predicted octanol–water partition coefficient (Wildman–Crippen LogP) is 3.10. The van der Waals surface area contributed by atoms with Crippen molar-refractivity contribution >= 4 is 28.4 Å². The largest absolute Gasteiger partial charge is 0.299 e. The molecule has 0 fully saturated rings. The van der Waals surface area contributed by atoms with Crippen molar-refractivity contribution in [3.63, 3.8) is 0 Å². The molecule has 0 aliphatic carbocycles. The number of benzene rings is 1. The van der Waals surface area contributed by atoms with Gasteiger partial charge < -0.3 is 0 Å². The quantitative estimate of drug-likeness (QED) is 0.792. The summed E-state index contributed by atoms with van der Waals surface area (Å²) in [5.41, 5.74) is 2.36. The fourth-order valence-corrected chi connectivity index (χ4v) is 2.60. The van der Waals surface area contributed by atoms with E-state index in [4.69, 9.17) is 0 Å². The number of carbonyl (C=O) groups excluding carboxylic acids is 1. The zero-order valence-corrected chi connectivity index (χ0v) is 11.0. The standard InChI is InChI=1S/C14H12N2OS/c1-9(17)8-18-14-12(7-15)10(2)11-5-3-4-6-13(11)16-14/h3-6H,8H2,1-2H3. The first-order chi connectivity index (χ1) is 8.63. The molecule has 0 amide bonds. The molecule has 0 unspecified atom stereocenters. The number of aromatic nitrogens is 1. The Morgan fingerprint density at radius 2 is 2.17 bits per heavy atom. The van der Waals surface area contributed by atoms with Crippen molar-refractivity contribution < 1.29 is 4.79 Å². The predicted molar refractivity (Wildman–Crippen MR) is 72.6 cm³/mol. The molecule has 4 heteroatoms. The maximum absolute atomic E-state index is 11.0. The van der Waals surface area contributed by atoms with Gasteiger partial charge >= 0.3 is 0 Å². The molecular weight excluding hydrogens is 244 g/mol. The number of nitriles is 1. The Kier molecular flexibility index (Phi) is 3.63. The van der Waals surface area contributed by atoms with Crippen LogP contribution >= 0.6 is 11.8 Å². The zero-order chi connectivity index (χ0) is 13.1. The topological polar surface area (TPSA) is 53.8 Å². The molecule has 0 atom stereocenters. The molecule has 0 aliphatic rings. The molecule has 0 saturated heterocycles. The van der Waals surface area contributed by atoms with Crippen LogP contribution in [-0.4, -0.2) is 16.5 Å². The van der Waals surface area contributed by atoms with Crippen LogP contribution in [0.2, 0.25) is 0 Å². The normalized spacial score (nSPS) is 10.3. The minimum absolute atomic E-state index is 0.0801. The summed E-state index contributed by atoms with van der Waals surface area (Å²) in [6, 6.07) is 9.91. The van der Waals surface area contributed by atoms with Gasteiger partial charge in [-0.3, -0.25) is 4.79 Å². The lowest BCUT2D eigenvalue weighted by Gasteiger charge is -2.08. The number of carbonyl (C=O) groups is 1. The maximum Gasteiger partial charge on any atom is 0.140 e. The van der Waals surface area contributed by atoms with Gasteiger partial charge in [0.15, 0.2) is 0 Å². The number of hydrogen-bond acceptors (Lipinski definition) is 4. The van der Waals surface area contributed by atoms with Gasteiger partial charge in [-0.25, -0.2) is 4.98 Å². The lowest BCUT2D eigenvalue weighted by Crippen LogP contribution is -1.98. The number of rotatable bonds is 3. The molecule has 3 nitrogen and oxygen atoms in total. The number of aryl methyl sites for hydroxylation is 1. The van der Waals surface area contributed by atoms with Gasteiger partial charge in [0.05, 0.1) is 16.8 Å². The van der Waals surface area contributed by atoms with E-state index in [1.807, 2.05) is 31.2 Å². The second kappa shape index (κ2) is 5.19. The van der Waals surface area contributed by atoms with Crippen LogP contribution in [0.5, 0.6) is 0 Å². The average Bonchev–Trinajstić information content (AvgIpc) is 2.36. The number of pyridine rings is 1. The molecule has 0 bridgehead atoms. The molecule has 2 aromatic rings. The van der Waals surface area contributed by atoms with Gasteiger partial charge in [-0.05, 0) is 25.5 Å². The smallest absolute Gasteiger partial charge is 0.140 e. The Labute approximate surface area is 110 Å². The van der Waals surface area contributed by atoms with Crippen LogP contribution in [0, 0.1) is 18.3 Å². The van der Waals surface area contributed by atoms with Crippen LogP contribution < -0.4 is 0 Å². The van der Waals surface area contributed by atoms with E-state index in [1.54, 1.807) is 0 Å². The molecule has 1 aromatic carbocycles.